The van der Waals surface area contributed by atoms with Crippen molar-refractivity contribution >= 4 is 5.97 Å². The molecule has 0 heterocycles. The Balaban J connectivity index is 2.20. The van der Waals surface area contributed by atoms with Crippen molar-refractivity contribution in [1.29, 1.82) is 0 Å². The third-order valence-corrected chi connectivity index (χ3v) is 2.45. The van der Waals surface area contributed by atoms with E-state index in [9.17, 15) is 4.79 Å². The highest BCUT2D eigenvalue weighted by Gasteiger charge is 2.12. The molecule has 0 aliphatic rings. The summed E-state index contributed by atoms with van der Waals surface area (Å²) < 4.78 is 10.5. The fourth-order valence-corrected chi connectivity index (χ4v) is 1.50. The van der Waals surface area contributed by atoms with Gasteiger partial charge in [0.1, 0.15) is 18.4 Å². The van der Waals surface area contributed by atoms with E-state index in [1.54, 1.807) is 13.8 Å². The molecule has 0 radical (unpaired) electrons. The molecule has 100 valence electrons. The molecule has 4 nitrogen and oxygen atoms in total. The number of hydrogen-bond donors (Lipinski definition) is 1. The van der Waals surface area contributed by atoms with Crippen molar-refractivity contribution in [3.05, 3.63) is 29.8 Å². The molecule has 1 aromatic carbocycles. The Morgan fingerprint density at radius 1 is 1.44 bits per heavy atom. The van der Waals surface area contributed by atoms with Gasteiger partial charge in [-0.15, -0.1) is 0 Å². The molecule has 0 fully saturated rings. The third kappa shape index (κ3) is 5.19. The largest absolute Gasteiger partial charge is 0.492 e. The minimum atomic E-state index is -0.300. The van der Waals surface area contributed by atoms with E-state index in [1.165, 1.54) is 5.56 Å². The molecule has 0 saturated carbocycles. The maximum absolute atomic E-state index is 11.3. The lowest BCUT2D eigenvalue weighted by molar-refractivity contribution is -0.145. The molecule has 0 aliphatic heterocycles. The summed E-state index contributed by atoms with van der Waals surface area (Å²) in [6.45, 7) is 7.13. The summed E-state index contributed by atoms with van der Waals surface area (Å²) in [4.78, 5) is 11.3. The lowest BCUT2D eigenvalue weighted by Crippen LogP contribution is -2.37. The van der Waals surface area contributed by atoms with Gasteiger partial charge in [0.2, 0.25) is 0 Å². The maximum Gasteiger partial charge on any atom is 0.322 e. The number of hydrogen-bond acceptors (Lipinski definition) is 4. The summed E-state index contributed by atoms with van der Waals surface area (Å²) in [5.41, 5.74) is 1.17. The highest BCUT2D eigenvalue weighted by molar-refractivity contribution is 5.75. The van der Waals surface area contributed by atoms with Crippen molar-refractivity contribution in [1.82, 2.24) is 5.32 Å². The molecule has 0 bridgehead atoms. The first kappa shape index (κ1) is 14.5. The molecular formula is C14H21NO3. The van der Waals surface area contributed by atoms with Crippen LogP contribution in [0, 0.1) is 6.92 Å². The number of nitrogens with one attached hydrogen (secondary N) is 1. The van der Waals surface area contributed by atoms with E-state index >= 15 is 0 Å². The van der Waals surface area contributed by atoms with Gasteiger partial charge in [0.15, 0.2) is 0 Å². The van der Waals surface area contributed by atoms with Gasteiger partial charge in [0.05, 0.1) is 6.61 Å². The molecule has 4 heteroatoms. The van der Waals surface area contributed by atoms with Crippen molar-refractivity contribution in [2.75, 3.05) is 19.8 Å². The molecule has 1 unspecified atom stereocenters. The Kier molecular flexibility index (Phi) is 6.22. The van der Waals surface area contributed by atoms with Crippen LogP contribution in [0.4, 0.5) is 0 Å². The van der Waals surface area contributed by atoms with Crippen LogP contribution >= 0.6 is 0 Å². The number of aryl methyl sites for hydroxylation is 1. The summed E-state index contributed by atoms with van der Waals surface area (Å²) >= 11 is 0. The van der Waals surface area contributed by atoms with E-state index < -0.39 is 0 Å². The molecular weight excluding hydrogens is 230 g/mol. The quantitative estimate of drug-likeness (QED) is 0.594. The van der Waals surface area contributed by atoms with Gasteiger partial charge in [-0.1, -0.05) is 12.1 Å². The first-order valence-electron chi connectivity index (χ1n) is 6.23. The molecule has 0 aliphatic carbocycles. The first-order chi connectivity index (χ1) is 8.63. The summed E-state index contributed by atoms with van der Waals surface area (Å²) in [5.74, 6) is 0.619. The SMILES string of the molecule is CCOC(=O)C(C)NCCOc1cccc(C)c1. The maximum atomic E-state index is 11.3. The zero-order valence-corrected chi connectivity index (χ0v) is 11.2. The Hall–Kier alpha value is -1.55. The molecule has 0 amide bonds. The molecule has 0 spiro atoms. The van der Waals surface area contributed by atoms with Crippen LogP contribution in [0.15, 0.2) is 24.3 Å². The van der Waals surface area contributed by atoms with E-state index in [0.29, 0.717) is 19.8 Å². The van der Waals surface area contributed by atoms with Crippen LogP contribution in [0.1, 0.15) is 19.4 Å². The number of ether oxygens (including phenoxy) is 2. The standard InChI is InChI=1S/C14H21NO3/c1-4-17-14(16)12(3)15-8-9-18-13-7-5-6-11(2)10-13/h5-7,10,12,15H,4,8-9H2,1-3H3. The molecule has 18 heavy (non-hydrogen) atoms. The Bertz CT molecular complexity index is 379. The lowest BCUT2D eigenvalue weighted by atomic mass is 10.2. The predicted molar refractivity (Wildman–Crippen MR) is 70.8 cm³/mol. The summed E-state index contributed by atoms with van der Waals surface area (Å²) in [6.07, 6.45) is 0. The lowest BCUT2D eigenvalue weighted by Gasteiger charge is -2.13. The van der Waals surface area contributed by atoms with E-state index in [2.05, 4.69) is 5.32 Å². The van der Waals surface area contributed by atoms with E-state index in [-0.39, 0.29) is 12.0 Å². The van der Waals surface area contributed by atoms with Gasteiger partial charge in [-0.05, 0) is 38.5 Å². The Morgan fingerprint density at radius 2 is 2.22 bits per heavy atom. The van der Waals surface area contributed by atoms with Crippen LogP contribution in [-0.4, -0.2) is 31.8 Å². The number of esters is 1. The highest BCUT2D eigenvalue weighted by atomic mass is 16.5. The summed E-state index contributed by atoms with van der Waals surface area (Å²) in [6, 6.07) is 7.58. The van der Waals surface area contributed by atoms with Crippen LogP contribution in [0.3, 0.4) is 0 Å². The molecule has 1 atom stereocenters. The topological polar surface area (TPSA) is 47.6 Å². The van der Waals surface area contributed by atoms with E-state index in [0.717, 1.165) is 5.75 Å². The second kappa shape index (κ2) is 7.71. The van der Waals surface area contributed by atoms with Crippen LogP contribution in [-0.2, 0) is 9.53 Å². The van der Waals surface area contributed by atoms with Gasteiger partial charge >= 0.3 is 5.97 Å². The van der Waals surface area contributed by atoms with Gasteiger partial charge in [-0.25, -0.2) is 0 Å². The van der Waals surface area contributed by atoms with Crippen molar-refractivity contribution in [3.63, 3.8) is 0 Å². The van der Waals surface area contributed by atoms with Crippen LogP contribution < -0.4 is 10.1 Å². The third-order valence-electron chi connectivity index (χ3n) is 2.45. The monoisotopic (exact) mass is 251 g/mol. The number of rotatable bonds is 7. The fraction of sp³-hybridized carbons (Fsp3) is 0.500. The zero-order chi connectivity index (χ0) is 13.4. The first-order valence-corrected chi connectivity index (χ1v) is 6.23. The van der Waals surface area contributed by atoms with Gasteiger partial charge in [0.25, 0.3) is 0 Å². The Morgan fingerprint density at radius 3 is 2.89 bits per heavy atom. The van der Waals surface area contributed by atoms with Crippen LogP contribution in [0.2, 0.25) is 0 Å². The van der Waals surface area contributed by atoms with Crippen molar-refractivity contribution < 1.29 is 14.3 Å². The second-order valence-corrected chi connectivity index (χ2v) is 4.09. The Labute approximate surface area is 108 Å². The highest BCUT2D eigenvalue weighted by Crippen LogP contribution is 2.11. The van der Waals surface area contributed by atoms with Gasteiger partial charge < -0.3 is 14.8 Å². The van der Waals surface area contributed by atoms with Crippen LogP contribution in [0.5, 0.6) is 5.75 Å². The minimum absolute atomic E-state index is 0.229. The average molecular weight is 251 g/mol. The molecule has 1 aromatic rings. The van der Waals surface area contributed by atoms with Crippen molar-refractivity contribution in [2.45, 2.75) is 26.8 Å². The van der Waals surface area contributed by atoms with Gasteiger partial charge in [-0.2, -0.15) is 0 Å². The zero-order valence-electron chi connectivity index (χ0n) is 11.2. The van der Waals surface area contributed by atoms with Crippen molar-refractivity contribution in [3.8, 4) is 5.75 Å². The number of carbonyl (C=O) groups excluding carboxylic acids is 1. The smallest absolute Gasteiger partial charge is 0.322 e. The number of benzene rings is 1. The predicted octanol–water partition coefficient (Wildman–Crippen LogP) is 1.92. The summed E-state index contributed by atoms with van der Waals surface area (Å²) in [5, 5.41) is 3.05. The molecule has 1 rings (SSSR count). The molecule has 0 aromatic heterocycles. The van der Waals surface area contributed by atoms with Gasteiger partial charge in [0, 0.05) is 6.54 Å². The van der Waals surface area contributed by atoms with Gasteiger partial charge in [-0.3, -0.25) is 4.79 Å². The number of carbonyl (C=O) groups is 1. The van der Waals surface area contributed by atoms with E-state index in [4.69, 9.17) is 9.47 Å². The fourth-order valence-electron chi connectivity index (χ4n) is 1.50. The second-order valence-electron chi connectivity index (χ2n) is 4.09. The molecule has 1 N–H and O–H groups in total. The van der Waals surface area contributed by atoms with Crippen molar-refractivity contribution in [2.24, 2.45) is 0 Å². The summed E-state index contributed by atoms with van der Waals surface area (Å²) in [7, 11) is 0. The van der Waals surface area contributed by atoms with Crippen LogP contribution in [0.25, 0.3) is 0 Å². The normalized spacial score (nSPS) is 11.9. The minimum Gasteiger partial charge on any atom is -0.492 e. The average Bonchev–Trinajstić information content (AvgIpc) is 2.35. The molecule has 0 saturated heterocycles. The van der Waals surface area contributed by atoms with E-state index in [1.807, 2.05) is 31.2 Å².